The summed E-state index contributed by atoms with van der Waals surface area (Å²) < 4.78 is 11.0. The van der Waals surface area contributed by atoms with Gasteiger partial charge in [-0.05, 0) is 50.4 Å². The van der Waals surface area contributed by atoms with Crippen molar-refractivity contribution < 1.29 is 19.1 Å². The molecule has 0 aromatic rings. The first-order valence-corrected chi connectivity index (χ1v) is 14.7. The van der Waals surface area contributed by atoms with E-state index >= 15 is 0 Å². The Kier molecular flexibility index (Phi) is 18.4. The number of carbonyl (C=O) groups is 2. The van der Waals surface area contributed by atoms with Crippen molar-refractivity contribution in [3.63, 3.8) is 0 Å². The third-order valence-electron chi connectivity index (χ3n) is 7.23. The van der Waals surface area contributed by atoms with E-state index in [4.69, 9.17) is 9.47 Å². The maximum absolute atomic E-state index is 12.4. The lowest BCUT2D eigenvalue weighted by Crippen LogP contribution is -2.28. The molecule has 0 saturated heterocycles. The van der Waals surface area contributed by atoms with Crippen molar-refractivity contribution in [3.8, 4) is 0 Å². The van der Waals surface area contributed by atoms with Crippen LogP contribution in [0.25, 0.3) is 0 Å². The average molecular weight is 481 g/mol. The van der Waals surface area contributed by atoms with Gasteiger partial charge in [0.1, 0.15) is 0 Å². The highest BCUT2D eigenvalue weighted by Gasteiger charge is 2.31. The van der Waals surface area contributed by atoms with Gasteiger partial charge in [-0.2, -0.15) is 0 Å². The van der Waals surface area contributed by atoms with Crippen LogP contribution in [-0.2, 0) is 19.1 Å². The van der Waals surface area contributed by atoms with Crippen molar-refractivity contribution in [2.75, 3.05) is 13.2 Å². The number of ether oxygens (including phenoxy) is 2. The van der Waals surface area contributed by atoms with Gasteiger partial charge in [0, 0.05) is 0 Å². The van der Waals surface area contributed by atoms with Crippen LogP contribution in [0, 0.1) is 23.7 Å². The molecule has 4 heteroatoms. The molecule has 0 atom stereocenters. The largest absolute Gasteiger partial charge is 0.465 e. The second-order valence-electron chi connectivity index (χ2n) is 11.5. The van der Waals surface area contributed by atoms with Gasteiger partial charge in [0.25, 0.3) is 0 Å². The van der Waals surface area contributed by atoms with Crippen molar-refractivity contribution in [1.82, 2.24) is 0 Å². The molecule has 1 rings (SSSR count). The highest BCUT2D eigenvalue weighted by atomic mass is 16.5. The predicted molar refractivity (Wildman–Crippen MR) is 142 cm³/mol. The van der Waals surface area contributed by atoms with Crippen molar-refractivity contribution in [2.24, 2.45) is 23.7 Å². The van der Waals surface area contributed by atoms with Crippen LogP contribution in [0.15, 0.2) is 0 Å². The van der Waals surface area contributed by atoms with Gasteiger partial charge in [-0.15, -0.1) is 0 Å². The van der Waals surface area contributed by atoms with E-state index in [2.05, 4.69) is 27.7 Å². The van der Waals surface area contributed by atoms with E-state index in [9.17, 15) is 9.59 Å². The molecule has 4 nitrogen and oxygen atoms in total. The zero-order valence-corrected chi connectivity index (χ0v) is 23.1. The Morgan fingerprint density at radius 2 is 0.824 bits per heavy atom. The molecular formula is C30H56O4. The lowest BCUT2D eigenvalue weighted by Gasteiger charge is -2.26. The van der Waals surface area contributed by atoms with E-state index in [-0.39, 0.29) is 23.8 Å². The summed E-state index contributed by atoms with van der Waals surface area (Å²) in [6.45, 7) is 10.2. The third-order valence-corrected chi connectivity index (χ3v) is 7.23. The van der Waals surface area contributed by atoms with E-state index in [1.807, 2.05) is 0 Å². The maximum Gasteiger partial charge on any atom is 0.308 e. The second kappa shape index (κ2) is 20.2. The first-order valence-electron chi connectivity index (χ1n) is 14.7. The Balaban J connectivity index is 1.96. The number of hydrogen-bond donors (Lipinski definition) is 0. The molecule has 0 aromatic carbocycles. The van der Waals surface area contributed by atoms with Crippen LogP contribution in [0.1, 0.15) is 143 Å². The summed E-state index contributed by atoms with van der Waals surface area (Å²) in [5.41, 5.74) is 0. The van der Waals surface area contributed by atoms with Crippen molar-refractivity contribution >= 4 is 11.9 Å². The first-order chi connectivity index (χ1) is 16.4. The number of hydrogen-bond acceptors (Lipinski definition) is 4. The highest BCUT2D eigenvalue weighted by Crippen LogP contribution is 2.30. The third kappa shape index (κ3) is 16.5. The van der Waals surface area contributed by atoms with Gasteiger partial charge in [-0.1, -0.05) is 105 Å². The Morgan fingerprint density at radius 3 is 1.15 bits per heavy atom. The molecule has 1 aliphatic carbocycles. The Hall–Kier alpha value is -1.06. The molecule has 0 heterocycles. The minimum absolute atomic E-state index is 0.0316. The summed E-state index contributed by atoms with van der Waals surface area (Å²) in [6.07, 6.45) is 20.3. The predicted octanol–water partition coefficient (Wildman–Crippen LogP) is 8.65. The van der Waals surface area contributed by atoms with E-state index in [1.165, 1.54) is 64.2 Å². The fourth-order valence-electron chi connectivity index (χ4n) is 4.87. The fraction of sp³-hybridized carbons (Fsp3) is 0.933. The minimum atomic E-state index is -0.0612. The van der Waals surface area contributed by atoms with Crippen molar-refractivity contribution in [2.45, 2.75) is 143 Å². The molecule has 34 heavy (non-hydrogen) atoms. The SMILES string of the molecule is CC(C)CCCCCCCCCCOC(=O)C1CCC(C(=O)OCCCCCCC(C)C)CC1. The normalized spacial score (nSPS) is 18.4. The number of esters is 2. The zero-order chi connectivity index (χ0) is 25.0. The summed E-state index contributed by atoms with van der Waals surface area (Å²) in [4.78, 5) is 24.7. The Bertz CT molecular complexity index is 506. The fourth-order valence-corrected chi connectivity index (χ4v) is 4.87. The molecule has 1 aliphatic rings. The molecule has 1 saturated carbocycles. The molecule has 0 amide bonds. The Morgan fingerprint density at radius 1 is 0.529 bits per heavy atom. The molecule has 0 N–H and O–H groups in total. The lowest BCUT2D eigenvalue weighted by molar-refractivity contribution is -0.155. The monoisotopic (exact) mass is 480 g/mol. The van der Waals surface area contributed by atoms with Crippen LogP contribution in [-0.4, -0.2) is 25.2 Å². The summed E-state index contributed by atoms with van der Waals surface area (Å²) in [6, 6.07) is 0. The van der Waals surface area contributed by atoms with Gasteiger partial charge in [0.15, 0.2) is 0 Å². The Labute approximate surface area is 211 Å². The van der Waals surface area contributed by atoms with Crippen LogP contribution in [0.4, 0.5) is 0 Å². The number of carbonyl (C=O) groups excluding carboxylic acids is 2. The molecular weight excluding hydrogens is 424 g/mol. The molecule has 0 unspecified atom stereocenters. The van der Waals surface area contributed by atoms with Gasteiger partial charge < -0.3 is 9.47 Å². The van der Waals surface area contributed by atoms with E-state index in [0.29, 0.717) is 13.2 Å². The van der Waals surface area contributed by atoms with Crippen molar-refractivity contribution in [1.29, 1.82) is 0 Å². The van der Waals surface area contributed by atoms with Gasteiger partial charge >= 0.3 is 11.9 Å². The van der Waals surface area contributed by atoms with Gasteiger partial charge in [-0.3, -0.25) is 9.59 Å². The van der Waals surface area contributed by atoms with Crippen LogP contribution < -0.4 is 0 Å². The molecule has 1 fully saturated rings. The molecule has 0 aromatic heterocycles. The van der Waals surface area contributed by atoms with Gasteiger partial charge in [0.05, 0.1) is 25.0 Å². The minimum Gasteiger partial charge on any atom is -0.465 e. The van der Waals surface area contributed by atoms with Gasteiger partial charge in [-0.25, -0.2) is 0 Å². The van der Waals surface area contributed by atoms with Crippen LogP contribution >= 0.6 is 0 Å². The van der Waals surface area contributed by atoms with Crippen LogP contribution in [0.5, 0.6) is 0 Å². The molecule has 0 aliphatic heterocycles. The summed E-state index contributed by atoms with van der Waals surface area (Å²) in [7, 11) is 0. The van der Waals surface area contributed by atoms with E-state index in [0.717, 1.165) is 63.2 Å². The molecule has 200 valence electrons. The van der Waals surface area contributed by atoms with Crippen molar-refractivity contribution in [3.05, 3.63) is 0 Å². The quantitative estimate of drug-likeness (QED) is 0.129. The molecule has 0 spiro atoms. The van der Waals surface area contributed by atoms with E-state index in [1.54, 1.807) is 0 Å². The topological polar surface area (TPSA) is 52.6 Å². The number of unbranched alkanes of at least 4 members (excludes halogenated alkanes) is 10. The van der Waals surface area contributed by atoms with Crippen LogP contribution in [0.3, 0.4) is 0 Å². The van der Waals surface area contributed by atoms with Gasteiger partial charge in [0.2, 0.25) is 0 Å². The summed E-state index contributed by atoms with van der Waals surface area (Å²) in [5.74, 6) is 1.42. The van der Waals surface area contributed by atoms with E-state index < -0.39 is 0 Å². The smallest absolute Gasteiger partial charge is 0.308 e. The number of rotatable bonds is 20. The van der Waals surface area contributed by atoms with Crippen LogP contribution in [0.2, 0.25) is 0 Å². The average Bonchev–Trinajstić information content (AvgIpc) is 2.81. The maximum atomic E-state index is 12.4. The molecule has 0 bridgehead atoms. The highest BCUT2D eigenvalue weighted by molar-refractivity contribution is 5.75. The standard InChI is InChI=1S/C30H56O4/c1-25(2)17-13-9-7-5-6-8-11-15-23-33-29(31)27-19-21-28(22-20-27)30(32)34-24-16-12-10-14-18-26(3)4/h25-28H,5-24H2,1-4H3. The summed E-state index contributed by atoms with van der Waals surface area (Å²) in [5, 5.41) is 0. The summed E-state index contributed by atoms with van der Waals surface area (Å²) >= 11 is 0. The first kappa shape index (κ1) is 31.0. The second-order valence-corrected chi connectivity index (χ2v) is 11.5. The zero-order valence-electron chi connectivity index (χ0n) is 23.1. The lowest BCUT2D eigenvalue weighted by atomic mass is 9.82. The molecule has 0 radical (unpaired) electrons.